The van der Waals surface area contributed by atoms with Crippen LogP contribution in [-0.2, 0) is 4.79 Å². The van der Waals surface area contributed by atoms with Gasteiger partial charge in [-0.2, -0.15) is 0 Å². The van der Waals surface area contributed by atoms with Crippen molar-refractivity contribution in [1.29, 1.82) is 0 Å². The number of rotatable bonds is 5. The Hall–Kier alpha value is -0.570. The van der Waals surface area contributed by atoms with Crippen molar-refractivity contribution in [1.82, 2.24) is 5.32 Å². The second kappa shape index (κ2) is 5.50. The van der Waals surface area contributed by atoms with Crippen LogP contribution in [0.4, 0.5) is 0 Å². The molecule has 1 aliphatic rings. The summed E-state index contributed by atoms with van der Waals surface area (Å²) < 4.78 is 0. The zero-order valence-corrected chi connectivity index (χ0v) is 10.0. The van der Waals surface area contributed by atoms with E-state index in [0.717, 1.165) is 18.9 Å². The maximum atomic E-state index is 11.4. The molecule has 0 radical (unpaired) electrons. The number of hydrogen-bond donors (Lipinski definition) is 2. The topological polar surface area (TPSA) is 55.1 Å². The highest BCUT2D eigenvalue weighted by Gasteiger charge is 2.17. The molecule has 0 heterocycles. The molecule has 1 aliphatic carbocycles. The van der Waals surface area contributed by atoms with Crippen molar-refractivity contribution in [3.05, 3.63) is 0 Å². The molecule has 0 aromatic rings. The van der Waals surface area contributed by atoms with Gasteiger partial charge in [0, 0.05) is 18.5 Å². The van der Waals surface area contributed by atoms with E-state index < -0.39 is 5.54 Å². The molecule has 3 heteroatoms. The lowest BCUT2D eigenvalue weighted by Crippen LogP contribution is -2.39. The Bertz CT molecular complexity index is 202. The average molecular weight is 212 g/mol. The average Bonchev–Trinajstić information content (AvgIpc) is 2.53. The highest BCUT2D eigenvalue weighted by molar-refractivity contribution is 5.76. The standard InChI is InChI=1S/C12H24N2O/c1-12(2,13)9-11(15)14-8-7-10-5-3-4-6-10/h10H,3-9,13H2,1-2H3,(H,14,15). The summed E-state index contributed by atoms with van der Waals surface area (Å²) in [5, 5.41) is 2.95. The molecule has 0 aromatic carbocycles. The van der Waals surface area contributed by atoms with Gasteiger partial charge in [-0.25, -0.2) is 0 Å². The predicted molar refractivity (Wildman–Crippen MR) is 62.5 cm³/mol. The van der Waals surface area contributed by atoms with Gasteiger partial charge in [-0.15, -0.1) is 0 Å². The van der Waals surface area contributed by atoms with Crippen LogP contribution in [-0.4, -0.2) is 18.0 Å². The van der Waals surface area contributed by atoms with Crippen molar-refractivity contribution in [2.45, 2.75) is 57.9 Å². The van der Waals surface area contributed by atoms with Crippen molar-refractivity contribution in [2.24, 2.45) is 11.7 Å². The SMILES string of the molecule is CC(C)(N)CC(=O)NCCC1CCCC1. The van der Waals surface area contributed by atoms with Gasteiger partial charge < -0.3 is 11.1 Å². The molecule has 3 nitrogen and oxygen atoms in total. The minimum atomic E-state index is -0.391. The van der Waals surface area contributed by atoms with E-state index in [-0.39, 0.29) is 5.91 Å². The molecule has 1 amide bonds. The van der Waals surface area contributed by atoms with Gasteiger partial charge in [0.15, 0.2) is 0 Å². The molecule has 0 unspecified atom stereocenters. The lowest BCUT2D eigenvalue weighted by atomic mass is 10.0. The van der Waals surface area contributed by atoms with Crippen LogP contribution in [0.3, 0.4) is 0 Å². The van der Waals surface area contributed by atoms with Gasteiger partial charge in [-0.05, 0) is 26.2 Å². The fourth-order valence-electron chi connectivity index (χ4n) is 2.19. The van der Waals surface area contributed by atoms with Crippen molar-refractivity contribution >= 4 is 5.91 Å². The Morgan fingerprint density at radius 3 is 2.53 bits per heavy atom. The Morgan fingerprint density at radius 2 is 2.00 bits per heavy atom. The maximum absolute atomic E-state index is 11.4. The minimum Gasteiger partial charge on any atom is -0.356 e. The van der Waals surface area contributed by atoms with E-state index >= 15 is 0 Å². The molecule has 15 heavy (non-hydrogen) atoms. The van der Waals surface area contributed by atoms with Gasteiger partial charge in [0.05, 0.1) is 0 Å². The number of carbonyl (C=O) groups is 1. The van der Waals surface area contributed by atoms with Crippen LogP contribution < -0.4 is 11.1 Å². The molecule has 0 atom stereocenters. The summed E-state index contributed by atoms with van der Waals surface area (Å²) in [7, 11) is 0. The zero-order chi connectivity index (χ0) is 11.3. The maximum Gasteiger partial charge on any atom is 0.221 e. The molecule has 0 aliphatic heterocycles. The summed E-state index contributed by atoms with van der Waals surface area (Å²) in [5.41, 5.74) is 5.38. The number of nitrogens with two attached hydrogens (primary N) is 1. The number of amides is 1. The fraction of sp³-hybridized carbons (Fsp3) is 0.917. The zero-order valence-electron chi connectivity index (χ0n) is 10.0. The van der Waals surface area contributed by atoms with E-state index in [2.05, 4.69) is 5.32 Å². The van der Waals surface area contributed by atoms with Crippen LogP contribution in [0.2, 0.25) is 0 Å². The first-order valence-corrected chi connectivity index (χ1v) is 6.03. The first kappa shape index (κ1) is 12.5. The third-order valence-corrected chi connectivity index (χ3v) is 2.97. The third-order valence-electron chi connectivity index (χ3n) is 2.97. The minimum absolute atomic E-state index is 0.0838. The second-order valence-corrected chi connectivity index (χ2v) is 5.45. The largest absolute Gasteiger partial charge is 0.356 e. The third kappa shape index (κ3) is 5.78. The second-order valence-electron chi connectivity index (χ2n) is 5.45. The van der Waals surface area contributed by atoms with Crippen LogP contribution >= 0.6 is 0 Å². The summed E-state index contributed by atoms with van der Waals surface area (Å²) in [6.07, 6.45) is 6.98. The molecule has 0 aromatic heterocycles. The summed E-state index contributed by atoms with van der Waals surface area (Å²) in [5.74, 6) is 0.927. The van der Waals surface area contributed by atoms with Crippen molar-refractivity contribution < 1.29 is 4.79 Å². The molecule has 0 saturated heterocycles. The Kier molecular flexibility index (Phi) is 4.58. The van der Waals surface area contributed by atoms with E-state index in [9.17, 15) is 4.79 Å². The van der Waals surface area contributed by atoms with Crippen LogP contribution in [0.1, 0.15) is 52.4 Å². The fourth-order valence-corrected chi connectivity index (χ4v) is 2.19. The van der Waals surface area contributed by atoms with E-state index in [0.29, 0.717) is 6.42 Å². The number of hydrogen-bond acceptors (Lipinski definition) is 2. The van der Waals surface area contributed by atoms with E-state index in [4.69, 9.17) is 5.73 Å². The summed E-state index contributed by atoms with van der Waals surface area (Å²) in [4.78, 5) is 11.4. The summed E-state index contributed by atoms with van der Waals surface area (Å²) >= 11 is 0. The molecule has 0 spiro atoms. The molecular weight excluding hydrogens is 188 g/mol. The van der Waals surface area contributed by atoms with Crippen molar-refractivity contribution in [3.63, 3.8) is 0 Å². The molecule has 0 bridgehead atoms. The first-order chi connectivity index (χ1) is 6.97. The van der Waals surface area contributed by atoms with Crippen LogP contribution in [0, 0.1) is 5.92 Å². The monoisotopic (exact) mass is 212 g/mol. The Labute approximate surface area is 92.8 Å². The van der Waals surface area contributed by atoms with E-state index in [1.807, 2.05) is 13.8 Å². The van der Waals surface area contributed by atoms with Crippen LogP contribution in [0.25, 0.3) is 0 Å². The predicted octanol–water partition coefficient (Wildman–Crippen LogP) is 1.81. The molecule has 1 saturated carbocycles. The van der Waals surface area contributed by atoms with Gasteiger partial charge in [0.2, 0.25) is 5.91 Å². The van der Waals surface area contributed by atoms with Crippen molar-refractivity contribution in [3.8, 4) is 0 Å². The van der Waals surface area contributed by atoms with Gasteiger partial charge in [-0.1, -0.05) is 25.7 Å². The highest BCUT2D eigenvalue weighted by atomic mass is 16.1. The quantitative estimate of drug-likeness (QED) is 0.730. The van der Waals surface area contributed by atoms with E-state index in [1.165, 1.54) is 25.7 Å². The smallest absolute Gasteiger partial charge is 0.221 e. The lowest BCUT2D eigenvalue weighted by Gasteiger charge is -2.18. The van der Waals surface area contributed by atoms with Crippen molar-refractivity contribution in [2.75, 3.05) is 6.54 Å². The Balaban J connectivity index is 2.06. The Morgan fingerprint density at radius 1 is 1.40 bits per heavy atom. The van der Waals surface area contributed by atoms with Gasteiger partial charge in [0.1, 0.15) is 0 Å². The van der Waals surface area contributed by atoms with Gasteiger partial charge in [-0.3, -0.25) is 4.79 Å². The summed E-state index contributed by atoms with van der Waals surface area (Å²) in [6, 6.07) is 0. The lowest BCUT2D eigenvalue weighted by molar-refractivity contribution is -0.122. The first-order valence-electron chi connectivity index (χ1n) is 6.03. The molecular formula is C12H24N2O. The van der Waals surface area contributed by atoms with Crippen LogP contribution in [0.15, 0.2) is 0 Å². The van der Waals surface area contributed by atoms with Crippen LogP contribution in [0.5, 0.6) is 0 Å². The number of nitrogens with one attached hydrogen (secondary N) is 1. The number of carbonyl (C=O) groups excluding carboxylic acids is 1. The molecule has 88 valence electrons. The highest BCUT2D eigenvalue weighted by Crippen LogP contribution is 2.26. The molecule has 1 rings (SSSR count). The normalized spacial score (nSPS) is 18.1. The molecule has 1 fully saturated rings. The van der Waals surface area contributed by atoms with E-state index in [1.54, 1.807) is 0 Å². The summed E-state index contributed by atoms with van der Waals surface area (Å²) in [6.45, 7) is 4.58. The molecule has 3 N–H and O–H groups in total. The van der Waals surface area contributed by atoms with Gasteiger partial charge in [0.25, 0.3) is 0 Å². The van der Waals surface area contributed by atoms with Gasteiger partial charge >= 0.3 is 0 Å².